The van der Waals surface area contributed by atoms with Crippen LogP contribution in [0.4, 0.5) is 0 Å². The molecule has 1 unspecified atom stereocenters. The highest BCUT2D eigenvalue weighted by Gasteiger charge is 2.29. The lowest BCUT2D eigenvalue weighted by molar-refractivity contribution is -0.129. The van der Waals surface area contributed by atoms with Crippen LogP contribution in [0.2, 0.25) is 0 Å². The molecular weight excluding hydrogens is 214 g/mol. The van der Waals surface area contributed by atoms with Gasteiger partial charge in [-0.15, -0.1) is 0 Å². The summed E-state index contributed by atoms with van der Waals surface area (Å²) in [5, 5.41) is 3.21. The molecule has 1 N–H and O–H groups in total. The molecule has 1 fully saturated rings. The van der Waals surface area contributed by atoms with Gasteiger partial charge in [0.2, 0.25) is 5.91 Å². The Morgan fingerprint density at radius 1 is 1.59 bits per heavy atom. The first-order valence-corrected chi connectivity index (χ1v) is 6.08. The van der Waals surface area contributed by atoms with Crippen LogP contribution in [0.3, 0.4) is 0 Å². The number of aromatic nitrogens is 1. The van der Waals surface area contributed by atoms with Gasteiger partial charge < -0.3 is 10.2 Å². The van der Waals surface area contributed by atoms with Gasteiger partial charge in [0, 0.05) is 25.3 Å². The molecule has 1 aromatic rings. The van der Waals surface area contributed by atoms with E-state index in [4.69, 9.17) is 0 Å². The third kappa shape index (κ3) is 3.27. The summed E-state index contributed by atoms with van der Waals surface area (Å²) in [7, 11) is 1.88. The Morgan fingerprint density at radius 2 is 2.35 bits per heavy atom. The number of hydrogen-bond donors (Lipinski definition) is 1. The molecule has 0 aromatic carbocycles. The van der Waals surface area contributed by atoms with Crippen molar-refractivity contribution in [3.8, 4) is 0 Å². The quantitative estimate of drug-likeness (QED) is 0.835. The van der Waals surface area contributed by atoms with E-state index in [-0.39, 0.29) is 11.9 Å². The highest BCUT2D eigenvalue weighted by molar-refractivity contribution is 5.78. The molecule has 0 spiro atoms. The Labute approximate surface area is 102 Å². The summed E-state index contributed by atoms with van der Waals surface area (Å²) < 4.78 is 0. The lowest BCUT2D eigenvalue weighted by atomic mass is 10.2. The van der Waals surface area contributed by atoms with E-state index < -0.39 is 0 Å². The van der Waals surface area contributed by atoms with Gasteiger partial charge >= 0.3 is 0 Å². The molecule has 0 bridgehead atoms. The number of likely N-dealkylation sites (N-methyl/N-ethyl adjacent to an activating group) is 1. The van der Waals surface area contributed by atoms with Crippen molar-refractivity contribution in [1.29, 1.82) is 0 Å². The van der Waals surface area contributed by atoms with Crippen molar-refractivity contribution < 1.29 is 4.79 Å². The smallest absolute Gasteiger partial charge is 0.236 e. The summed E-state index contributed by atoms with van der Waals surface area (Å²) in [6.45, 7) is 2.40. The van der Waals surface area contributed by atoms with Crippen LogP contribution in [0.15, 0.2) is 24.4 Å². The monoisotopic (exact) mass is 233 g/mol. The van der Waals surface area contributed by atoms with Crippen LogP contribution in [0, 0.1) is 0 Å². The van der Waals surface area contributed by atoms with Gasteiger partial charge in [0.1, 0.15) is 0 Å². The first-order chi connectivity index (χ1) is 8.18. The maximum absolute atomic E-state index is 11.8. The van der Waals surface area contributed by atoms with Crippen molar-refractivity contribution in [2.75, 3.05) is 13.6 Å². The fraction of sp³-hybridized carbons (Fsp3) is 0.538. The van der Waals surface area contributed by atoms with Crippen LogP contribution in [0.1, 0.15) is 31.5 Å². The predicted octanol–water partition coefficient (Wildman–Crippen LogP) is 1.35. The third-order valence-electron chi connectivity index (χ3n) is 3.18. The molecule has 4 nitrogen and oxygen atoms in total. The Kier molecular flexibility index (Phi) is 3.74. The number of hydrogen-bond acceptors (Lipinski definition) is 3. The number of nitrogens with zero attached hydrogens (tertiary/aromatic N) is 2. The number of nitrogens with one attached hydrogen (secondary N) is 1. The molecule has 1 aliphatic carbocycles. The van der Waals surface area contributed by atoms with E-state index in [1.807, 2.05) is 37.1 Å². The Bertz CT molecular complexity index is 376. The number of carbonyl (C=O) groups is 1. The average molecular weight is 233 g/mol. The SMILES string of the molecule is CC(NCC(=O)N(C)C1CC1)c1ccccn1. The minimum atomic E-state index is 0.104. The number of carbonyl (C=O) groups excluding carboxylic acids is 1. The first-order valence-electron chi connectivity index (χ1n) is 6.08. The van der Waals surface area contributed by atoms with Gasteiger partial charge in [-0.25, -0.2) is 0 Å². The number of pyridine rings is 1. The molecule has 4 heteroatoms. The summed E-state index contributed by atoms with van der Waals surface area (Å²) in [5.41, 5.74) is 0.967. The number of rotatable bonds is 5. The zero-order valence-electron chi connectivity index (χ0n) is 10.4. The molecule has 0 aliphatic heterocycles. The van der Waals surface area contributed by atoms with Crippen molar-refractivity contribution in [2.24, 2.45) is 0 Å². The number of amides is 1. The van der Waals surface area contributed by atoms with E-state index in [9.17, 15) is 4.79 Å². The molecule has 1 saturated carbocycles. The Balaban J connectivity index is 1.79. The van der Waals surface area contributed by atoms with Crippen LogP contribution < -0.4 is 5.32 Å². The average Bonchev–Trinajstić information content (AvgIpc) is 3.20. The van der Waals surface area contributed by atoms with E-state index in [0.29, 0.717) is 12.6 Å². The highest BCUT2D eigenvalue weighted by Crippen LogP contribution is 2.25. The van der Waals surface area contributed by atoms with Crippen LogP contribution in [-0.4, -0.2) is 35.4 Å². The molecule has 1 aromatic heterocycles. The van der Waals surface area contributed by atoms with Crippen molar-refractivity contribution >= 4 is 5.91 Å². The molecule has 2 rings (SSSR count). The lowest BCUT2D eigenvalue weighted by Crippen LogP contribution is -2.37. The largest absolute Gasteiger partial charge is 0.342 e. The van der Waals surface area contributed by atoms with Gasteiger partial charge in [0.05, 0.1) is 12.2 Å². The fourth-order valence-electron chi connectivity index (χ4n) is 1.77. The molecule has 17 heavy (non-hydrogen) atoms. The summed E-state index contributed by atoms with van der Waals surface area (Å²) in [6, 6.07) is 6.40. The van der Waals surface area contributed by atoms with Gasteiger partial charge in [-0.3, -0.25) is 9.78 Å². The molecule has 1 aliphatic rings. The highest BCUT2D eigenvalue weighted by atomic mass is 16.2. The minimum Gasteiger partial charge on any atom is -0.342 e. The summed E-state index contributed by atoms with van der Waals surface area (Å²) in [6.07, 6.45) is 4.07. The van der Waals surface area contributed by atoms with Gasteiger partial charge in [-0.1, -0.05) is 6.07 Å². The van der Waals surface area contributed by atoms with E-state index in [1.54, 1.807) is 6.20 Å². The first kappa shape index (κ1) is 12.0. The van der Waals surface area contributed by atoms with Crippen LogP contribution >= 0.6 is 0 Å². The Morgan fingerprint density at radius 3 is 2.94 bits per heavy atom. The molecule has 0 radical (unpaired) electrons. The second-order valence-corrected chi connectivity index (χ2v) is 4.59. The normalized spacial score (nSPS) is 16.6. The summed E-state index contributed by atoms with van der Waals surface area (Å²) in [5.74, 6) is 0.162. The van der Waals surface area contributed by atoms with Gasteiger partial charge in [0.15, 0.2) is 0 Å². The van der Waals surface area contributed by atoms with Crippen LogP contribution in [0.5, 0.6) is 0 Å². The summed E-state index contributed by atoms with van der Waals surface area (Å²) >= 11 is 0. The van der Waals surface area contributed by atoms with E-state index in [2.05, 4.69) is 10.3 Å². The van der Waals surface area contributed by atoms with Crippen molar-refractivity contribution in [3.05, 3.63) is 30.1 Å². The standard InChI is InChI=1S/C13H19N3O/c1-10(12-5-3-4-8-14-12)15-9-13(17)16(2)11-6-7-11/h3-5,8,10-11,15H,6-7,9H2,1-2H3. The zero-order valence-corrected chi connectivity index (χ0v) is 10.4. The maximum Gasteiger partial charge on any atom is 0.236 e. The molecular formula is C13H19N3O. The van der Waals surface area contributed by atoms with Gasteiger partial charge in [-0.05, 0) is 31.9 Å². The fourth-order valence-corrected chi connectivity index (χ4v) is 1.77. The van der Waals surface area contributed by atoms with Crippen LogP contribution in [-0.2, 0) is 4.79 Å². The molecule has 1 amide bonds. The van der Waals surface area contributed by atoms with Crippen molar-refractivity contribution in [3.63, 3.8) is 0 Å². The Hall–Kier alpha value is -1.42. The zero-order chi connectivity index (χ0) is 12.3. The second-order valence-electron chi connectivity index (χ2n) is 4.59. The molecule has 1 heterocycles. The topological polar surface area (TPSA) is 45.2 Å². The van der Waals surface area contributed by atoms with Crippen molar-refractivity contribution in [1.82, 2.24) is 15.2 Å². The molecule has 1 atom stereocenters. The van der Waals surface area contributed by atoms with Gasteiger partial charge in [0.25, 0.3) is 0 Å². The maximum atomic E-state index is 11.8. The molecule has 0 saturated heterocycles. The van der Waals surface area contributed by atoms with Crippen LogP contribution in [0.25, 0.3) is 0 Å². The lowest BCUT2D eigenvalue weighted by Gasteiger charge is -2.18. The van der Waals surface area contributed by atoms with Crippen molar-refractivity contribution in [2.45, 2.75) is 31.8 Å². The second kappa shape index (κ2) is 5.27. The predicted molar refractivity (Wildman–Crippen MR) is 66.4 cm³/mol. The van der Waals surface area contributed by atoms with Gasteiger partial charge in [-0.2, -0.15) is 0 Å². The van der Waals surface area contributed by atoms with E-state index >= 15 is 0 Å². The molecule has 92 valence electrons. The third-order valence-corrected chi connectivity index (χ3v) is 3.18. The van der Waals surface area contributed by atoms with E-state index in [0.717, 1.165) is 18.5 Å². The van der Waals surface area contributed by atoms with E-state index in [1.165, 1.54) is 0 Å². The summed E-state index contributed by atoms with van der Waals surface area (Å²) in [4.78, 5) is 17.9. The minimum absolute atomic E-state index is 0.104.